The normalized spacial score (nSPS) is 20.4. The zero-order valence-corrected chi connectivity index (χ0v) is 12.0. The summed E-state index contributed by atoms with van der Waals surface area (Å²) in [6, 6.07) is 0.293. The quantitative estimate of drug-likeness (QED) is 0.731. The zero-order valence-electron chi connectivity index (χ0n) is 12.0. The molecule has 1 aliphatic carbocycles. The molecule has 0 aromatic rings. The molecule has 1 fully saturated rings. The van der Waals surface area contributed by atoms with Gasteiger partial charge in [-0.3, -0.25) is 4.79 Å². The molecule has 106 valence electrons. The van der Waals surface area contributed by atoms with Crippen LogP contribution in [0.5, 0.6) is 0 Å². The molecule has 0 radical (unpaired) electrons. The summed E-state index contributed by atoms with van der Waals surface area (Å²) in [5, 5.41) is 6.05. The highest BCUT2D eigenvalue weighted by Crippen LogP contribution is 2.22. The molecule has 0 aromatic carbocycles. The Morgan fingerprint density at radius 3 is 2.56 bits per heavy atom. The van der Waals surface area contributed by atoms with Crippen molar-refractivity contribution in [2.45, 2.75) is 70.6 Å². The molecule has 0 spiro atoms. The van der Waals surface area contributed by atoms with Crippen molar-refractivity contribution in [2.75, 3.05) is 13.6 Å². The number of amides is 1. The summed E-state index contributed by atoms with van der Waals surface area (Å²) < 4.78 is 5.94. The van der Waals surface area contributed by atoms with Crippen molar-refractivity contribution in [3.8, 4) is 0 Å². The molecule has 2 atom stereocenters. The van der Waals surface area contributed by atoms with Crippen molar-refractivity contribution in [2.24, 2.45) is 0 Å². The fourth-order valence-corrected chi connectivity index (χ4v) is 2.25. The average molecular weight is 256 g/mol. The van der Waals surface area contributed by atoms with Gasteiger partial charge in [0.15, 0.2) is 0 Å². The van der Waals surface area contributed by atoms with E-state index >= 15 is 0 Å². The maximum absolute atomic E-state index is 12.0. The number of carbonyl (C=O) groups is 1. The predicted molar refractivity (Wildman–Crippen MR) is 73.6 cm³/mol. The van der Waals surface area contributed by atoms with E-state index in [0.717, 1.165) is 19.3 Å². The first-order valence-electron chi connectivity index (χ1n) is 7.27. The SMILES string of the molecule is CCC(OC1CCCCC1)C(=O)NCC(C)NC. The van der Waals surface area contributed by atoms with Crippen molar-refractivity contribution >= 4 is 5.91 Å². The fraction of sp³-hybridized carbons (Fsp3) is 0.929. The van der Waals surface area contributed by atoms with E-state index in [0.29, 0.717) is 12.6 Å². The molecule has 1 rings (SSSR count). The molecule has 0 aromatic heterocycles. The lowest BCUT2D eigenvalue weighted by Gasteiger charge is -2.26. The van der Waals surface area contributed by atoms with Gasteiger partial charge in [-0.15, -0.1) is 0 Å². The lowest BCUT2D eigenvalue weighted by molar-refractivity contribution is -0.138. The smallest absolute Gasteiger partial charge is 0.249 e. The number of nitrogens with one attached hydrogen (secondary N) is 2. The van der Waals surface area contributed by atoms with Crippen molar-refractivity contribution in [1.82, 2.24) is 10.6 Å². The standard InChI is InChI=1S/C14H28N2O2/c1-4-13(14(17)16-10-11(2)15-3)18-12-8-6-5-7-9-12/h11-13,15H,4-10H2,1-3H3,(H,16,17). The Morgan fingerprint density at radius 1 is 1.33 bits per heavy atom. The van der Waals surface area contributed by atoms with Gasteiger partial charge < -0.3 is 15.4 Å². The van der Waals surface area contributed by atoms with Gasteiger partial charge in [0.2, 0.25) is 5.91 Å². The topological polar surface area (TPSA) is 50.4 Å². The summed E-state index contributed by atoms with van der Waals surface area (Å²) >= 11 is 0. The lowest BCUT2D eigenvalue weighted by atomic mass is 9.97. The van der Waals surface area contributed by atoms with E-state index in [1.807, 2.05) is 20.9 Å². The minimum Gasteiger partial charge on any atom is -0.365 e. The van der Waals surface area contributed by atoms with Gasteiger partial charge in [-0.1, -0.05) is 26.2 Å². The van der Waals surface area contributed by atoms with E-state index in [-0.39, 0.29) is 18.1 Å². The van der Waals surface area contributed by atoms with Gasteiger partial charge >= 0.3 is 0 Å². The molecule has 1 saturated carbocycles. The van der Waals surface area contributed by atoms with Crippen LogP contribution in [-0.4, -0.2) is 37.7 Å². The molecular formula is C14H28N2O2. The monoisotopic (exact) mass is 256 g/mol. The predicted octanol–water partition coefficient (Wildman–Crippen LogP) is 1.84. The Kier molecular flexibility index (Phi) is 7.28. The molecule has 2 unspecified atom stereocenters. The molecule has 0 aliphatic heterocycles. The van der Waals surface area contributed by atoms with Gasteiger partial charge in [0.1, 0.15) is 6.10 Å². The molecule has 18 heavy (non-hydrogen) atoms. The zero-order chi connectivity index (χ0) is 13.4. The van der Waals surface area contributed by atoms with E-state index in [1.54, 1.807) is 0 Å². The van der Waals surface area contributed by atoms with Crippen LogP contribution in [0.3, 0.4) is 0 Å². The van der Waals surface area contributed by atoms with Crippen molar-refractivity contribution < 1.29 is 9.53 Å². The van der Waals surface area contributed by atoms with Crippen LogP contribution in [-0.2, 0) is 9.53 Å². The summed E-state index contributed by atoms with van der Waals surface area (Å²) in [5.74, 6) is 0.0326. The number of rotatable bonds is 7. The van der Waals surface area contributed by atoms with Gasteiger partial charge in [-0.2, -0.15) is 0 Å². The Labute approximate surface area is 111 Å². The van der Waals surface area contributed by atoms with Gasteiger partial charge in [0, 0.05) is 12.6 Å². The van der Waals surface area contributed by atoms with Crippen LogP contribution in [0.1, 0.15) is 52.4 Å². The Morgan fingerprint density at radius 2 is 2.00 bits per heavy atom. The summed E-state index contributed by atoms with van der Waals surface area (Å²) in [4.78, 5) is 12.0. The Bertz CT molecular complexity index is 240. The average Bonchev–Trinajstić information content (AvgIpc) is 2.42. The highest BCUT2D eigenvalue weighted by molar-refractivity contribution is 5.80. The van der Waals surface area contributed by atoms with Crippen LogP contribution in [0.4, 0.5) is 0 Å². The molecular weight excluding hydrogens is 228 g/mol. The first-order chi connectivity index (χ1) is 8.67. The van der Waals surface area contributed by atoms with E-state index in [1.165, 1.54) is 19.3 Å². The van der Waals surface area contributed by atoms with Crippen LogP contribution < -0.4 is 10.6 Å². The second kappa shape index (κ2) is 8.48. The van der Waals surface area contributed by atoms with Crippen molar-refractivity contribution in [3.63, 3.8) is 0 Å². The van der Waals surface area contributed by atoms with Gasteiger partial charge in [0.05, 0.1) is 6.10 Å². The number of hydrogen-bond acceptors (Lipinski definition) is 3. The molecule has 0 heterocycles. The molecule has 1 aliphatic rings. The first-order valence-corrected chi connectivity index (χ1v) is 7.27. The third-order valence-corrected chi connectivity index (χ3v) is 3.65. The maximum Gasteiger partial charge on any atom is 0.249 e. The van der Waals surface area contributed by atoms with Crippen LogP contribution >= 0.6 is 0 Å². The van der Waals surface area contributed by atoms with Crippen LogP contribution in [0.2, 0.25) is 0 Å². The molecule has 0 saturated heterocycles. The number of hydrogen-bond donors (Lipinski definition) is 2. The van der Waals surface area contributed by atoms with Crippen LogP contribution in [0.15, 0.2) is 0 Å². The Balaban J connectivity index is 2.32. The molecule has 4 heteroatoms. The van der Waals surface area contributed by atoms with E-state index < -0.39 is 0 Å². The minimum atomic E-state index is -0.280. The largest absolute Gasteiger partial charge is 0.365 e. The van der Waals surface area contributed by atoms with Crippen molar-refractivity contribution in [3.05, 3.63) is 0 Å². The van der Waals surface area contributed by atoms with Crippen LogP contribution in [0, 0.1) is 0 Å². The van der Waals surface area contributed by atoms with Gasteiger partial charge in [-0.05, 0) is 33.2 Å². The van der Waals surface area contributed by atoms with Crippen molar-refractivity contribution in [1.29, 1.82) is 0 Å². The van der Waals surface area contributed by atoms with E-state index in [4.69, 9.17) is 4.74 Å². The summed E-state index contributed by atoms with van der Waals surface area (Å²) in [6.07, 6.45) is 6.75. The summed E-state index contributed by atoms with van der Waals surface area (Å²) in [5.41, 5.74) is 0. The molecule has 4 nitrogen and oxygen atoms in total. The molecule has 1 amide bonds. The highest BCUT2D eigenvalue weighted by Gasteiger charge is 2.23. The third-order valence-electron chi connectivity index (χ3n) is 3.65. The van der Waals surface area contributed by atoms with Gasteiger partial charge in [-0.25, -0.2) is 0 Å². The van der Waals surface area contributed by atoms with Gasteiger partial charge in [0.25, 0.3) is 0 Å². The second-order valence-corrected chi connectivity index (χ2v) is 5.23. The summed E-state index contributed by atoms with van der Waals surface area (Å²) in [7, 11) is 1.90. The van der Waals surface area contributed by atoms with E-state index in [9.17, 15) is 4.79 Å². The number of likely N-dealkylation sites (N-methyl/N-ethyl adjacent to an activating group) is 1. The summed E-state index contributed by atoms with van der Waals surface area (Å²) in [6.45, 7) is 4.71. The number of ether oxygens (including phenoxy) is 1. The lowest BCUT2D eigenvalue weighted by Crippen LogP contribution is -2.43. The third kappa shape index (κ3) is 5.36. The van der Waals surface area contributed by atoms with Crippen LogP contribution in [0.25, 0.3) is 0 Å². The fourth-order valence-electron chi connectivity index (χ4n) is 2.25. The molecule has 0 bridgehead atoms. The first kappa shape index (κ1) is 15.4. The number of carbonyl (C=O) groups excluding carboxylic acids is 1. The second-order valence-electron chi connectivity index (χ2n) is 5.23. The Hall–Kier alpha value is -0.610. The minimum absolute atomic E-state index is 0.0326. The molecule has 2 N–H and O–H groups in total. The van der Waals surface area contributed by atoms with E-state index in [2.05, 4.69) is 10.6 Å². The highest BCUT2D eigenvalue weighted by atomic mass is 16.5. The maximum atomic E-state index is 12.0.